The fraction of sp³-hybridized carbons (Fsp3) is 0.297. The first kappa shape index (κ1) is 33.4. The van der Waals surface area contributed by atoms with Crippen molar-refractivity contribution in [1.82, 2.24) is 0 Å². The molecule has 0 aromatic heterocycles. The monoisotopic (exact) mass is 642 g/mol. The van der Waals surface area contributed by atoms with E-state index in [-0.39, 0.29) is 32.7 Å². The lowest BCUT2D eigenvalue weighted by Crippen LogP contribution is -2.60. The highest BCUT2D eigenvalue weighted by atomic mass is 32.2. The first-order valence-electron chi connectivity index (χ1n) is 15.3. The molecule has 0 amide bonds. The van der Waals surface area contributed by atoms with E-state index in [1.54, 1.807) is 0 Å². The van der Waals surface area contributed by atoms with Crippen molar-refractivity contribution >= 4 is 23.7 Å². The van der Waals surface area contributed by atoms with Crippen LogP contribution in [0.5, 0.6) is 0 Å². The molecule has 1 aliphatic rings. The maximum atomic E-state index is 13.1. The van der Waals surface area contributed by atoms with Crippen LogP contribution in [0.15, 0.2) is 126 Å². The van der Waals surface area contributed by atoms with Crippen molar-refractivity contribution in [2.24, 2.45) is 0 Å². The van der Waals surface area contributed by atoms with Crippen molar-refractivity contribution in [2.45, 2.75) is 67.4 Å². The molecule has 1 aliphatic heterocycles. The van der Waals surface area contributed by atoms with Crippen molar-refractivity contribution in [3.05, 3.63) is 138 Å². The molecule has 0 aliphatic carbocycles. The second kappa shape index (κ2) is 17.6. The molecule has 8 nitrogen and oxygen atoms in total. The van der Waals surface area contributed by atoms with E-state index in [9.17, 15) is 14.7 Å². The van der Waals surface area contributed by atoms with Crippen LogP contribution in [0.2, 0.25) is 0 Å². The Morgan fingerprint density at radius 1 is 0.630 bits per heavy atom. The van der Waals surface area contributed by atoms with Crippen LogP contribution in [-0.4, -0.2) is 53.5 Å². The number of carboxylic acids is 1. The molecule has 4 aromatic rings. The minimum Gasteiger partial charge on any atom is -0.481 e. The topological polar surface area (TPSA) is 101 Å². The number of thioether (sulfide) groups is 1. The van der Waals surface area contributed by atoms with E-state index in [1.807, 2.05) is 121 Å². The normalized spacial score (nSPS) is 21.0. The molecule has 240 valence electrons. The summed E-state index contributed by atoms with van der Waals surface area (Å²) in [6, 6.07) is 39.1. The van der Waals surface area contributed by atoms with Crippen molar-refractivity contribution in [3.63, 3.8) is 0 Å². The Morgan fingerprint density at radius 2 is 1.13 bits per heavy atom. The van der Waals surface area contributed by atoms with Crippen LogP contribution in [0.3, 0.4) is 0 Å². The summed E-state index contributed by atoms with van der Waals surface area (Å²) >= 11 is 1.41. The van der Waals surface area contributed by atoms with Crippen LogP contribution < -0.4 is 0 Å². The molecule has 0 radical (unpaired) electrons. The zero-order valence-electron chi connectivity index (χ0n) is 25.4. The van der Waals surface area contributed by atoms with Crippen molar-refractivity contribution < 1.29 is 38.4 Å². The number of carboxylic acid groups (broad SMARTS) is 1. The second-order valence-electron chi connectivity index (χ2n) is 10.8. The predicted octanol–water partition coefficient (Wildman–Crippen LogP) is 6.67. The number of carbonyl (C=O) groups excluding carboxylic acids is 1. The van der Waals surface area contributed by atoms with Gasteiger partial charge in [0.2, 0.25) is 0 Å². The number of benzene rings is 4. The lowest BCUT2D eigenvalue weighted by molar-refractivity contribution is -0.249. The lowest BCUT2D eigenvalue weighted by Gasteiger charge is -2.45. The Hall–Kier alpha value is -3.99. The zero-order chi connectivity index (χ0) is 32.0. The average molecular weight is 643 g/mol. The van der Waals surface area contributed by atoms with Gasteiger partial charge in [0.15, 0.2) is 6.10 Å². The van der Waals surface area contributed by atoms with E-state index in [2.05, 4.69) is 0 Å². The molecule has 1 saturated heterocycles. The van der Waals surface area contributed by atoms with Gasteiger partial charge in [-0.2, -0.15) is 0 Å². The predicted molar refractivity (Wildman–Crippen MR) is 174 cm³/mol. The van der Waals surface area contributed by atoms with E-state index in [0.29, 0.717) is 6.61 Å². The van der Waals surface area contributed by atoms with Crippen LogP contribution in [-0.2, 0) is 53.1 Å². The van der Waals surface area contributed by atoms with Crippen LogP contribution in [0.25, 0.3) is 0 Å². The number of rotatable bonds is 16. The van der Waals surface area contributed by atoms with E-state index >= 15 is 0 Å². The van der Waals surface area contributed by atoms with Crippen LogP contribution in [0.1, 0.15) is 29.5 Å². The number of hydrogen-bond donors (Lipinski definition) is 1. The SMILES string of the molecule is O=C(O)CCC(=O)O[C@@H]1[C@H](OCc2ccccc2)[C@@H](OCc2ccccc2)[C@H](COCc2ccccc2)O[C@H]1Sc1ccccc1. The van der Waals surface area contributed by atoms with Gasteiger partial charge in [-0.05, 0) is 28.8 Å². The fourth-order valence-electron chi connectivity index (χ4n) is 5.08. The van der Waals surface area contributed by atoms with Gasteiger partial charge in [-0.25, -0.2) is 0 Å². The summed E-state index contributed by atoms with van der Waals surface area (Å²) in [7, 11) is 0. The van der Waals surface area contributed by atoms with Crippen molar-refractivity contribution in [2.75, 3.05) is 6.61 Å². The Labute approximate surface area is 273 Å². The van der Waals surface area contributed by atoms with E-state index < -0.39 is 41.8 Å². The van der Waals surface area contributed by atoms with Gasteiger partial charge in [-0.3, -0.25) is 9.59 Å². The minimum absolute atomic E-state index is 0.199. The number of hydrogen-bond acceptors (Lipinski definition) is 8. The summed E-state index contributed by atoms with van der Waals surface area (Å²) in [4.78, 5) is 25.2. The van der Waals surface area contributed by atoms with Gasteiger partial charge in [0.25, 0.3) is 0 Å². The molecule has 46 heavy (non-hydrogen) atoms. The molecule has 0 saturated carbocycles. The van der Waals surface area contributed by atoms with Crippen LogP contribution in [0, 0.1) is 0 Å². The third-order valence-electron chi connectivity index (χ3n) is 7.36. The first-order valence-corrected chi connectivity index (χ1v) is 16.1. The third kappa shape index (κ3) is 10.3. The van der Waals surface area contributed by atoms with Gasteiger partial charge in [0.1, 0.15) is 23.7 Å². The molecular formula is C37H38O8S. The molecule has 5 rings (SSSR count). The number of aliphatic carboxylic acids is 1. The van der Waals surface area contributed by atoms with Gasteiger partial charge in [0.05, 0.1) is 39.3 Å². The maximum Gasteiger partial charge on any atom is 0.306 e. The Morgan fingerprint density at radius 3 is 1.67 bits per heavy atom. The first-order chi connectivity index (χ1) is 22.5. The molecular weight excluding hydrogens is 604 g/mol. The van der Waals surface area contributed by atoms with E-state index in [4.69, 9.17) is 23.7 Å². The molecule has 0 spiro atoms. The number of ether oxygens (including phenoxy) is 5. The highest BCUT2D eigenvalue weighted by Gasteiger charge is 2.50. The smallest absolute Gasteiger partial charge is 0.306 e. The van der Waals surface area contributed by atoms with Gasteiger partial charge in [-0.1, -0.05) is 121 Å². The zero-order valence-corrected chi connectivity index (χ0v) is 26.2. The summed E-state index contributed by atoms with van der Waals surface area (Å²) < 4.78 is 32.1. The second-order valence-corrected chi connectivity index (χ2v) is 12.0. The highest BCUT2D eigenvalue weighted by Crippen LogP contribution is 2.38. The third-order valence-corrected chi connectivity index (χ3v) is 8.52. The molecule has 0 bridgehead atoms. The van der Waals surface area contributed by atoms with Crippen molar-refractivity contribution in [3.8, 4) is 0 Å². The average Bonchev–Trinajstić information content (AvgIpc) is 3.09. The molecule has 4 aromatic carbocycles. The quantitative estimate of drug-likeness (QED) is 0.134. The summed E-state index contributed by atoms with van der Waals surface area (Å²) in [5, 5.41) is 9.20. The van der Waals surface area contributed by atoms with Gasteiger partial charge < -0.3 is 28.8 Å². The van der Waals surface area contributed by atoms with Gasteiger partial charge >= 0.3 is 11.9 Å². The van der Waals surface area contributed by atoms with Gasteiger partial charge in [0, 0.05) is 4.90 Å². The van der Waals surface area contributed by atoms with Crippen LogP contribution >= 0.6 is 11.8 Å². The number of esters is 1. The standard InChI is InChI=1S/C37H38O8S/c38-32(39)21-22-33(40)45-36-35(43-25-29-17-9-3-10-18-29)34(42-24-28-15-7-2-8-16-28)31(26-41-23-27-13-5-1-6-14-27)44-37(36)46-30-19-11-4-12-20-30/h1-20,31,34-37H,21-26H2,(H,38,39)/t31-,34-,35+,36+,37-/m0/s1. The Bertz CT molecular complexity index is 1470. The molecule has 1 N–H and O–H groups in total. The van der Waals surface area contributed by atoms with Crippen molar-refractivity contribution in [1.29, 1.82) is 0 Å². The molecule has 5 atom stereocenters. The summed E-state index contributed by atoms with van der Waals surface area (Å²) in [5.74, 6) is -1.73. The Kier molecular flexibility index (Phi) is 12.8. The number of carbonyl (C=O) groups is 2. The maximum absolute atomic E-state index is 13.1. The van der Waals surface area contributed by atoms with E-state index in [0.717, 1.165) is 21.6 Å². The summed E-state index contributed by atoms with van der Waals surface area (Å²) in [5.41, 5.74) is 2.23. The van der Waals surface area contributed by atoms with Crippen LogP contribution in [0.4, 0.5) is 0 Å². The highest BCUT2D eigenvalue weighted by molar-refractivity contribution is 7.99. The fourth-order valence-corrected chi connectivity index (χ4v) is 6.20. The Balaban J connectivity index is 1.46. The molecule has 1 heterocycles. The molecule has 9 heteroatoms. The van der Waals surface area contributed by atoms with Gasteiger partial charge in [-0.15, -0.1) is 0 Å². The van der Waals surface area contributed by atoms with E-state index in [1.165, 1.54) is 11.8 Å². The summed E-state index contributed by atoms with van der Waals surface area (Å²) in [6.07, 6.45) is -3.58. The lowest BCUT2D eigenvalue weighted by atomic mass is 9.98. The molecule has 1 fully saturated rings. The largest absolute Gasteiger partial charge is 0.481 e. The summed E-state index contributed by atoms with van der Waals surface area (Å²) in [6.45, 7) is 1.09. The molecule has 0 unspecified atom stereocenters. The minimum atomic E-state index is -1.08.